The van der Waals surface area contributed by atoms with Crippen LogP contribution in [0.5, 0.6) is 5.75 Å². The first-order valence-corrected chi connectivity index (χ1v) is 10.3. The molecule has 0 bridgehead atoms. The fourth-order valence-electron chi connectivity index (χ4n) is 2.25. The average Bonchev–Trinajstić information content (AvgIpc) is 3.03. The zero-order valence-electron chi connectivity index (χ0n) is 14.3. The molecule has 0 saturated heterocycles. The molecule has 2 aromatic carbocycles. The molecule has 136 valence electrons. The summed E-state index contributed by atoms with van der Waals surface area (Å²) in [5.41, 5.74) is 7.90. The summed E-state index contributed by atoms with van der Waals surface area (Å²) >= 11 is 1.22. The molecule has 0 fully saturated rings. The fourth-order valence-corrected chi connectivity index (χ4v) is 4.22. The molecule has 0 spiro atoms. The number of nitrogen functional groups attached to an aromatic ring is 1. The summed E-state index contributed by atoms with van der Waals surface area (Å²) in [7, 11) is -3.71. The molecule has 1 heterocycles. The highest BCUT2D eigenvalue weighted by Crippen LogP contribution is 2.27. The molecule has 0 atom stereocenters. The highest BCUT2D eigenvalue weighted by Gasteiger charge is 2.17. The number of thiazole rings is 1. The molecule has 3 rings (SSSR count). The van der Waals surface area contributed by atoms with Crippen LogP contribution in [0.3, 0.4) is 0 Å². The lowest BCUT2D eigenvalue weighted by Crippen LogP contribution is -2.13. The van der Waals surface area contributed by atoms with Crippen molar-refractivity contribution in [1.82, 2.24) is 4.98 Å². The van der Waals surface area contributed by atoms with E-state index in [2.05, 4.69) is 9.71 Å². The van der Waals surface area contributed by atoms with Gasteiger partial charge < -0.3 is 10.5 Å². The lowest BCUT2D eigenvalue weighted by atomic mass is 10.2. The number of hydrogen-bond acceptors (Lipinski definition) is 6. The third-order valence-electron chi connectivity index (χ3n) is 3.44. The number of rotatable bonds is 6. The van der Waals surface area contributed by atoms with Crippen molar-refractivity contribution in [2.45, 2.75) is 24.8 Å². The van der Waals surface area contributed by atoms with Crippen LogP contribution in [0, 0.1) is 0 Å². The Morgan fingerprint density at radius 1 is 1.08 bits per heavy atom. The Balaban J connectivity index is 1.76. The molecular formula is C18H19N3O3S2. The number of sulfonamides is 1. The molecule has 0 aliphatic rings. The van der Waals surface area contributed by atoms with E-state index < -0.39 is 10.0 Å². The highest BCUT2D eigenvalue weighted by molar-refractivity contribution is 7.93. The zero-order chi connectivity index (χ0) is 18.7. The van der Waals surface area contributed by atoms with Gasteiger partial charge in [-0.05, 0) is 50.2 Å². The van der Waals surface area contributed by atoms with Crippen molar-refractivity contribution in [1.29, 1.82) is 0 Å². The summed E-state index contributed by atoms with van der Waals surface area (Å²) in [4.78, 5) is 4.49. The zero-order valence-corrected chi connectivity index (χ0v) is 16.0. The molecule has 0 saturated carbocycles. The smallest absolute Gasteiger partial charge is 0.263 e. The summed E-state index contributed by atoms with van der Waals surface area (Å²) in [6.07, 6.45) is 0.0256. The molecule has 3 aromatic rings. The number of ether oxygens (including phenoxy) is 1. The standard InChI is InChI=1S/C18H19N3O3S2/c1-12(2)24-15-7-9-16(10-8-15)26(22,23)21-18-20-17(11-25-18)13-3-5-14(19)6-4-13/h3-12H,19H2,1-2H3,(H,20,21). The van der Waals surface area contributed by atoms with Gasteiger partial charge in [-0.25, -0.2) is 13.4 Å². The number of aromatic nitrogens is 1. The van der Waals surface area contributed by atoms with Crippen LogP contribution in [-0.2, 0) is 10.0 Å². The topological polar surface area (TPSA) is 94.3 Å². The first-order valence-electron chi connectivity index (χ1n) is 7.94. The van der Waals surface area contributed by atoms with Gasteiger partial charge in [0.05, 0.1) is 16.7 Å². The van der Waals surface area contributed by atoms with Crippen LogP contribution in [0.25, 0.3) is 11.3 Å². The van der Waals surface area contributed by atoms with Crippen molar-refractivity contribution in [3.63, 3.8) is 0 Å². The van der Waals surface area contributed by atoms with Crippen molar-refractivity contribution in [2.24, 2.45) is 0 Å². The number of benzene rings is 2. The largest absolute Gasteiger partial charge is 0.491 e. The van der Waals surface area contributed by atoms with Crippen LogP contribution in [0.2, 0.25) is 0 Å². The maximum atomic E-state index is 12.5. The number of nitrogens with zero attached hydrogens (tertiary/aromatic N) is 1. The van der Waals surface area contributed by atoms with E-state index in [0.29, 0.717) is 22.3 Å². The van der Waals surface area contributed by atoms with Gasteiger partial charge in [0.25, 0.3) is 10.0 Å². The van der Waals surface area contributed by atoms with Crippen LogP contribution in [0.15, 0.2) is 58.8 Å². The minimum Gasteiger partial charge on any atom is -0.491 e. The first-order chi connectivity index (χ1) is 12.3. The fraction of sp³-hybridized carbons (Fsp3) is 0.167. The number of hydrogen-bond donors (Lipinski definition) is 2. The van der Waals surface area contributed by atoms with E-state index in [1.54, 1.807) is 29.6 Å². The predicted octanol–water partition coefficient (Wildman–Crippen LogP) is 3.98. The van der Waals surface area contributed by atoms with E-state index in [0.717, 1.165) is 5.56 Å². The van der Waals surface area contributed by atoms with Gasteiger partial charge in [-0.2, -0.15) is 0 Å². The summed E-state index contributed by atoms with van der Waals surface area (Å²) in [5, 5.41) is 2.10. The second-order valence-electron chi connectivity index (χ2n) is 5.90. The van der Waals surface area contributed by atoms with Crippen LogP contribution in [-0.4, -0.2) is 19.5 Å². The van der Waals surface area contributed by atoms with Crippen LogP contribution >= 0.6 is 11.3 Å². The molecule has 0 unspecified atom stereocenters. The Morgan fingerprint density at radius 3 is 2.35 bits per heavy atom. The summed E-state index contributed by atoms with van der Waals surface area (Å²) in [5.74, 6) is 0.624. The Kier molecular flexibility index (Phi) is 5.15. The van der Waals surface area contributed by atoms with E-state index in [-0.39, 0.29) is 11.0 Å². The van der Waals surface area contributed by atoms with Crippen LogP contribution in [0.1, 0.15) is 13.8 Å². The van der Waals surface area contributed by atoms with Gasteiger partial charge >= 0.3 is 0 Å². The van der Waals surface area contributed by atoms with Gasteiger partial charge in [0.15, 0.2) is 5.13 Å². The van der Waals surface area contributed by atoms with Crippen LogP contribution in [0.4, 0.5) is 10.8 Å². The molecule has 8 heteroatoms. The Bertz CT molecular complexity index is 979. The van der Waals surface area contributed by atoms with Gasteiger partial charge in [0.1, 0.15) is 5.75 Å². The van der Waals surface area contributed by atoms with Crippen molar-refractivity contribution >= 4 is 32.2 Å². The van der Waals surface area contributed by atoms with Crippen molar-refractivity contribution in [3.05, 3.63) is 53.9 Å². The summed E-state index contributed by atoms with van der Waals surface area (Å²) < 4.78 is 33.1. The summed E-state index contributed by atoms with van der Waals surface area (Å²) in [6, 6.07) is 13.5. The van der Waals surface area contributed by atoms with E-state index in [9.17, 15) is 8.42 Å². The highest BCUT2D eigenvalue weighted by atomic mass is 32.2. The first kappa shape index (κ1) is 18.2. The van der Waals surface area contributed by atoms with E-state index in [4.69, 9.17) is 10.5 Å². The van der Waals surface area contributed by atoms with Gasteiger partial charge in [0.2, 0.25) is 0 Å². The van der Waals surface area contributed by atoms with E-state index >= 15 is 0 Å². The number of nitrogens with two attached hydrogens (primary N) is 1. The summed E-state index contributed by atoms with van der Waals surface area (Å²) in [6.45, 7) is 3.82. The predicted molar refractivity (Wildman–Crippen MR) is 105 cm³/mol. The molecule has 1 aromatic heterocycles. The molecule has 3 N–H and O–H groups in total. The van der Waals surface area contributed by atoms with Gasteiger partial charge in [0, 0.05) is 16.6 Å². The minimum absolute atomic E-state index is 0.0256. The average molecular weight is 390 g/mol. The number of anilines is 2. The minimum atomic E-state index is -3.71. The molecule has 0 aliphatic carbocycles. The van der Waals surface area contributed by atoms with Crippen molar-refractivity contribution < 1.29 is 13.2 Å². The molecule has 0 radical (unpaired) electrons. The van der Waals surface area contributed by atoms with Crippen molar-refractivity contribution in [3.8, 4) is 17.0 Å². The third kappa shape index (κ3) is 4.33. The van der Waals surface area contributed by atoms with E-state index in [1.165, 1.54) is 23.5 Å². The second-order valence-corrected chi connectivity index (χ2v) is 8.44. The maximum absolute atomic E-state index is 12.5. The van der Waals surface area contributed by atoms with Crippen LogP contribution < -0.4 is 15.2 Å². The third-order valence-corrected chi connectivity index (χ3v) is 5.68. The maximum Gasteiger partial charge on any atom is 0.263 e. The second kappa shape index (κ2) is 7.35. The Hall–Kier alpha value is -2.58. The van der Waals surface area contributed by atoms with Gasteiger partial charge in [-0.15, -0.1) is 11.3 Å². The SMILES string of the molecule is CC(C)Oc1ccc(S(=O)(=O)Nc2nc(-c3ccc(N)cc3)cs2)cc1. The Labute approximate surface area is 156 Å². The normalized spacial score (nSPS) is 11.5. The lowest BCUT2D eigenvalue weighted by Gasteiger charge is -2.10. The molecule has 0 amide bonds. The van der Waals surface area contributed by atoms with Gasteiger partial charge in [-0.1, -0.05) is 12.1 Å². The molecule has 26 heavy (non-hydrogen) atoms. The molecule has 0 aliphatic heterocycles. The molecule has 6 nitrogen and oxygen atoms in total. The number of nitrogens with one attached hydrogen (secondary N) is 1. The van der Waals surface area contributed by atoms with Crippen molar-refractivity contribution in [2.75, 3.05) is 10.5 Å². The monoisotopic (exact) mass is 389 g/mol. The quantitative estimate of drug-likeness (QED) is 0.622. The lowest BCUT2D eigenvalue weighted by molar-refractivity contribution is 0.242. The Morgan fingerprint density at radius 2 is 1.73 bits per heavy atom. The van der Waals surface area contributed by atoms with E-state index in [1.807, 2.05) is 26.0 Å². The van der Waals surface area contributed by atoms with Gasteiger partial charge in [-0.3, -0.25) is 4.72 Å². The molecular weight excluding hydrogens is 370 g/mol.